The lowest BCUT2D eigenvalue weighted by atomic mass is 9.86. The Morgan fingerprint density at radius 3 is 1.88 bits per heavy atom. The summed E-state index contributed by atoms with van der Waals surface area (Å²) >= 11 is 6.06. The second-order valence-electron chi connectivity index (χ2n) is 14.6. The van der Waals surface area contributed by atoms with Crippen molar-refractivity contribution in [3.05, 3.63) is 104 Å². The highest BCUT2D eigenvalue weighted by atomic mass is 35.5. The molecule has 0 bridgehead atoms. The van der Waals surface area contributed by atoms with Crippen molar-refractivity contribution in [2.75, 3.05) is 13.1 Å². The van der Waals surface area contributed by atoms with Crippen LogP contribution in [0.25, 0.3) is 33.8 Å². The van der Waals surface area contributed by atoms with Crippen LogP contribution in [0.4, 0.5) is 4.39 Å². The van der Waals surface area contributed by atoms with Crippen molar-refractivity contribution in [2.45, 2.75) is 62.2 Å². The third-order valence-corrected chi connectivity index (χ3v) is 12.0. The molecule has 2 saturated carbocycles. The van der Waals surface area contributed by atoms with E-state index in [1.807, 2.05) is 30.6 Å². The van der Waals surface area contributed by atoms with Crippen LogP contribution < -0.4 is 10.6 Å². The van der Waals surface area contributed by atoms with Gasteiger partial charge in [-0.2, -0.15) is 5.26 Å². The number of hydrogen-bond donors (Lipinski definition) is 4. The minimum atomic E-state index is -0.533. The van der Waals surface area contributed by atoms with E-state index in [2.05, 4.69) is 30.6 Å². The minimum Gasteiger partial charge on any atom is -0.357 e. The van der Waals surface area contributed by atoms with Gasteiger partial charge in [-0.3, -0.25) is 14.6 Å². The second-order valence-corrected chi connectivity index (χ2v) is 15.0. The van der Waals surface area contributed by atoms with Gasteiger partial charge < -0.3 is 20.6 Å². The fourth-order valence-electron chi connectivity index (χ4n) is 8.60. The van der Waals surface area contributed by atoms with Gasteiger partial charge in [0.1, 0.15) is 17.0 Å². The number of benzene rings is 1. The van der Waals surface area contributed by atoms with Gasteiger partial charge >= 0.3 is 0 Å². The molecule has 2 spiro atoms. The lowest BCUT2D eigenvalue weighted by Crippen LogP contribution is -2.39. The van der Waals surface area contributed by atoms with Gasteiger partial charge in [0.05, 0.1) is 33.8 Å². The van der Waals surface area contributed by atoms with Gasteiger partial charge in [-0.25, -0.2) is 9.37 Å². The molecule has 2 aliphatic heterocycles. The first-order valence-corrected chi connectivity index (χ1v) is 17.6. The second kappa shape index (κ2) is 10.4. The maximum atomic E-state index is 13.7. The SMILES string of the molecule is N#Cc1cc(-c2cc3c(cn2)CCc2c-3[nH]c3c2C(=O)NCC32CC2)ccc1F.O=C1NCC2(CC2)c2[nH]c3c(c21)CCc1cnc(Cl)cc1-3. The van der Waals surface area contributed by atoms with Crippen molar-refractivity contribution in [1.29, 1.82) is 5.26 Å². The number of nitrogens with one attached hydrogen (secondary N) is 4. The van der Waals surface area contributed by atoms with Crippen molar-refractivity contribution in [3.8, 4) is 39.8 Å². The lowest BCUT2D eigenvalue weighted by molar-refractivity contribution is 0.0928. The first kappa shape index (κ1) is 29.6. The average molecular weight is 684 g/mol. The summed E-state index contributed by atoms with van der Waals surface area (Å²) in [6.07, 6.45) is 11.7. The number of halogens is 2. The number of amides is 2. The third kappa shape index (κ3) is 4.29. The Labute approximate surface area is 291 Å². The zero-order valence-corrected chi connectivity index (χ0v) is 27.8. The van der Waals surface area contributed by atoms with Gasteiger partial charge in [-0.15, -0.1) is 0 Å². The summed E-state index contributed by atoms with van der Waals surface area (Å²) in [5, 5.41) is 15.8. The van der Waals surface area contributed by atoms with E-state index in [0.717, 1.165) is 120 Å². The summed E-state index contributed by atoms with van der Waals surface area (Å²) in [7, 11) is 0. The molecule has 4 aromatic heterocycles. The quantitative estimate of drug-likeness (QED) is 0.155. The molecule has 4 aliphatic carbocycles. The molecule has 0 atom stereocenters. The Kier molecular flexibility index (Phi) is 6.15. The zero-order valence-electron chi connectivity index (χ0n) is 27.0. The van der Waals surface area contributed by atoms with E-state index < -0.39 is 5.82 Å². The maximum absolute atomic E-state index is 13.7. The van der Waals surface area contributed by atoms with Crippen LogP contribution in [0, 0.1) is 17.1 Å². The van der Waals surface area contributed by atoms with E-state index in [1.54, 1.807) is 6.07 Å². The Balaban J connectivity index is 0.000000133. The first-order chi connectivity index (χ1) is 24.3. The molecule has 11 rings (SSSR count). The predicted molar refractivity (Wildman–Crippen MR) is 184 cm³/mol. The average Bonchev–Trinajstić information content (AvgIpc) is 4.01. The van der Waals surface area contributed by atoms with Gasteiger partial charge in [0.2, 0.25) is 0 Å². The summed E-state index contributed by atoms with van der Waals surface area (Å²) in [6.45, 7) is 1.47. The van der Waals surface area contributed by atoms with Gasteiger partial charge in [0.15, 0.2) is 0 Å². The van der Waals surface area contributed by atoms with Crippen molar-refractivity contribution in [1.82, 2.24) is 30.6 Å². The van der Waals surface area contributed by atoms with Crippen LogP contribution in [0.5, 0.6) is 0 Å². The molecule has 5 aromatic rings. The van der Waals surface area contributed by atoms with Crippen molar-refractivity contribution in [3.63, 3.8) is 0 Å². The predicted octanol–water partition coefficient (Wildman–Crippen LogP) is 6.23. The van der Waals surface area contributed by atoms with E-state index in [4.69, 9.17) is 16.9 Å². The number of nitriles is 1. The molecule has 0 saturated heterocycles. The Morgan fingerprint density at radius 2 is 1.32 bits per heavy atom. The molecule has 6 aliphatic rings. The molecule has 2 fully saturated rings. The normalized spacial score (nSPS) is 18.9. The van der Waals surface area contributed by atoms with E-state index in [0.29, 0.717) is 23.0 Å². The molecule has 0 radical (unpaired) electrons. The van der Waals surface area contributed by atoms with Gasteiger partial charge in [-0.1, -0.05) is 11.6 Å². The van der Waals surface area contributed by atoms with Crippen LogP contribution >= 0.6 is 11.6 Å². The fraction of sp³-hybridized carbons (Fsp3) is 0.308. The monoisotopic (exact) mass is 683 g/mol. The van der Waals surface area contributed by atoms with Crippen LogP contribution in [0.3, 0.4) is 0 Å². The standard InChI is InChI=1S/C23H17FN4O.C16H14ClN3O/c24-17-4-2-12(7-14(17)9-25)18-8-16-13(10-26-18)1-3-15-19-21(28-20(15)16)23(5-6-23)11-27-22(19)29;17-11-5-10-8(6-18-11)1-2-9-12-14(20-13(9)10)16(3-4-16)7-19-15(12)21/h2,4,7-8,10,28H,1,3,5-6,11H2,(H,27,29);5-6,20H,1-4,7H2,(H,19,21). The lowest BCUT2D eigenvalue weighted by Gasteiger charge is -2.23. The number of hydrogen-bond acceptors (Lipinski definition) is 5. The minimum absolute atomic E-state index is 0.00499. The van der Waals surface area contributed by atoms with E-state index >= 15 is 0 Å². The molecule has 2 amide bonds. The number of aromatic nitrogens is 4. The Morgan fingerprint density at radius 1 is 0.760 bits per heavy atom. The van der Waals surface area contributed by atoms with Crippen LogP contribution in [0.15, 0.2) is 42.7 Å². The van der Waals surface area contributed by atoms with E-state index in [-0.39, 0.29) is 28.2 Å². The fourth-order valence-corrected chi connectivity index (χ4v) is 8.75. The number of fused-ring (bicyclic) bond motifs is 12. The van der Waals surface area contributed by atoms with Gasteiger partial charge in [0, 0.05) is 64.4 Å². The molecule has 9 nitrogen and oxygen atoms in total. The topological polar surface area (TPSA) is 139 Å². The first-order valence-electron chi connectivity index (χ1n) is 17.2. The highest BCUT2D eigenvalue weighted by Crippen LogP contribution is 2.54. The maximum Gasteiger partial charge on any atom is 0.253 e. The molecule has 50 heavy (non-hydrogen) atoms. The molecular formula is C39H31ClFN7O2. The highest BCUT2D eigenvalue weighted by molar-refractivity contribution is 6.29. The summed E-state index contributed by atoms with van der Waals surface area (Å²) < 4.78 is 13.7. The number of carbonyl (C=O) groups is 2. The molecular weight excluding hydrogens is 653 g/mol. The van der Waals surface area contributed by atoms with Crippen molar-refractivity contribution < 1.29 is 14.0 Å². The third-order valence-electron chi connectivity index (χ3n) is 11.8. The highest BCUT2D eigenvalue weighted by Gasteiger charge is 2.53. The van der Waals surface area contributed by atoms with Crippen molar-refractivity contribution >= 4 is 23.4 Å². The van der Waals surface area contributed by atoms with Gasteiger partial charge in [0.25, 0.3) is 11.8 Å². The van der Waals surface area contributed by atoms with E-state index in [1.165, 1.54) is 17.7 Å². The molecule has 0 unspecified atom stereocenters. The van der Waals surface area contributed by atoms with Crippen LogP contribution in [0.1, 0.15) is 85.6 Å². The molecule has 11 heteroatoms. The van der Waals surface area contributed by atoms with E-state index in [9.17, 15) is 14.0 Å². The van der Waals surface area contributed by atoms with Gasteiger partial charge in [-0.05, 0) is 104 Å². The van der Waals surface area contributed by atoms with Crippen LogP contribution in [-0.4, -0.2) is 44.8 Å². The summed E-state index contributed by atoms with van der Waals surface area (Å²) in [6, 6.07) is 10.3. The van der Waals surface area contributed by atoms with Crippen LogP contribution in [0.2, 0.25) is 5.15 Å². The Bertz CT molecular complexity index is 2390. The number of aromatic amines is 2. The number of nitrogens with zero attached hydrogens (tertiary/aromatic N) is 3. The molecule has 1 aromatic carbocycles. The van der Waals surface area contributed by atoms with Crippen LogP contribution in [-0.2, 0) is 36.5 Å². The largest absolute Gasteiger partial charge is 0.357 e. The number of pyridine rings is 2. The summed E-state index contributed by atoms with van der Waals surface area (Å²) in [5.74, 6) is -0.442. The number of H-pyrrole nitrogens is 2. The molecule has 6 heterocycles. The number of aryl methyl sites for hydroxylation is 2. The zero-order chi connectivity index (χ0) is 33.9. The molecule has 4 N–H and O–H groups in total. The summed E-state index contributed by atoms with van der Waals surface area (Å²) in [4.78, 5) is 40.9. The number of carbonyl (C=O) groups excluding carboxylic acids is 2. The molecule has 248 valence electrons. The smallest absolute Gasteiger partial charge is 0.253 e. The van der Waals surface area contributed by atoms with Crippen molar-refractivity contribution in [2.24, 2.45) is 0 Å². The summed E-state index contributed by atoms with van der Waals surface area (Å²) in [5.41, 5.74) is 14.4. The number of rotatable bonds is 1. The Hall–Kier alpha value is -5.27.